The first-order valence-electron chi connectivity index (χ1n) is 2.54. The average molecular weight is 155 g/mol. The molecule has 0 fully saturated rings. The number of rotatable bonds is 4. The van der Waals surface area contributed by atoms with Crippen LogP contribution in [0.4, 0.5) is 0 Å². The molecule has 1 unspecified atom stereocenters. The van der Waals surface area contributed by atoms with Gasteiger partial charge in [0.05, 0.1) is 6.10 Å². The SMILES string of the molecule is CSCCC(O)CCl. The molecule has 0 spiro atoms. The number of thioether (sulfide) groups is 1. The molecule has 8 heavy (non-hydrogen) atoms. The van der Waals surface area contributed by atoms with Gasteiger partial charge in [-0.05, 0) is 18.4 Å². The standard InChI is InChI=1S/C5H11ClOS/c1-8-3-2-5(7)4-6/h5,7H,2-4H2,1H3. The van der Waals surface area contributed by atoms with Gasteiger partial charge in [0.1, 0.15) is 0 Å². The molecular weight excluding hydrogens is 144 g/mol. The highest BCUT2D eigenvalue weighted by atomic mass is 35.5. The van der Waals surface area contributed by atoms with E-state index < -0.39 is 0 Å². The first kappa shape index (κ1) is 8.60. The predicted molar refractivity (Wildman–Crippen MR) is 39.7 cm³/mol. The Morgan fingerprint density at radius 2 is 2.38 bits per heavy atom. The van der Waals surface area contributed by atoms with E-state index in [1.165, 1.54) is 0 Å². The Balaban J connectivity index is 2.86. The summed E-state index contributed by atoms with van der Waals surface area (Å²) in [6, 6.07) is 0. The lowest BCUT2D eigenvalue weighted by atomic mass is 10.3. The summed E-state index contributed by atoms with van der Waals surface area (Å²) < 4.78 is 0. The summed E-state index contributed by atoms with van der Waals surface area (Å²) >= 11 is 7.06. The van der Waals surface area contributed by atoms with Crippen molar-refractivity contribution in [1.82, 2.24) is 0 Å². The monoisotopic (exact) mass is 154 g/mol. The van der Waals surface area contributed by atoms with Crippen molar-refractivity contribution in [3.8, 4) is 0 Å². The van der Waals surface area contributed by atoms with Crippen LogP contribution in [0.15, 0.2) is 0 Å². The van der Waals surface area contributed by atoms with Crippen molar-refractivity contribution in [3.63, 3.8) is 0 Å². The maximum atomic E-state index is 8.84. The van der Waals surface area contributed by atoms with E-state index in [1.807, 2.05) is 6.26 Å². The van der Waals surface area contributed by atoms with E-state index in [9.17, 15) is 0 Å². The maximum absolute atomic E-state index is 8.84. The molecule has 50 valence electrons. The first-order valence-corrected chi connectivity index (χ1v) is 4.47. The topological polar surface area (TPSA) is 20.2 Å². The fourth-order valence-electron chi connectivity index (χ4n) is 0.331. The van der Waals surface area contributed by atoms with Crippen LogP contribution in [0.3, 0.4) is 0 Å². The molecule has 0 aromatic carbocycles. The maximum Gasteiger partial charge on any atom is 0.0683 e. The number of halogens is 1. The third-order valence-corrected chi connectivity index (χ3v) is 1.83. The number of aliphatic hydroxyl groups excluding tert-OH is 1. The van der Waals surface area contributed by atoms with Gasteiger partial charge in [-0.1, -0.05) is 0 Å². The Morgan fingerprint density at radius 1 is 1.75 bits per heavy atom. The van der Waals surface area contributed by atoms with Crippen LogP contribution in [-0.2, 0) is 0 Å². The molecule has 0 saturated carbocycles. The fourth-order valence-corrected chi connectivity index (χ4v) is 0.993. The molecule has 1 atom stereocenters. The van der Waals surface area contributed by atoms with Gasteiger partial charge in [0, 0.05) is 5.88 Å². The van der Waals surface area contributed by atoms with Gasteiger partial charge in [0.25, 0.3) is 0 Å². The predicted octanol–water partition coefficient (Wildman–Crippen LogP) is 1.34. The number of aliphatic hydroxyl groups is 1. The minimum absolute atomic E-state index is 0.302. The smallest absolute Gasteiger partial charge is 0.0683 e. The van der Waals surface area contributed by atoms with E-state index in [0.29, 0.717) is 5.88 Å². The second-order valence-electron chi connectivity index (χ2n) is 1.59. The van der Waals surface area contributed by atoms with E-state index in [-0.39, 0.29) is 6.10 Å². The lowest BCUT2D eigenvalue weighted by Gasteiger charge is -2.02. The molecule has 0 aromatic rings. The third kappa shape index (κ3) is 4.75. The molecule has 0 saturated heterocycles. The quantitative estimate of drug-likeness (QED) is 0.617. The van der Waals surface area contributed by atoms with Crippen LogP contribution in [-0.4, -0.2) is 29.1 Å². The van der Waals surface area contributed by atoms with Gasteiger partial charge < -0.3 is 5.11 Å². The van der Waals surface area contributed by atoms with Crippen molar-refractivity contribution in [2.24, 2.45) is 0 Å². The molecule has 0 rings (SSSR count). The van der Waals surface area contributed by atoms with Crippen molar-refractivity contribution >= 4 is 23.4 Å². The summed E-state index contributed by atoms with van der Waals surface area (Å²) in [7, 11) is 0. The van der Waals surface area contributed by atoms with Crippen LogP contribution in [0.1, 0.15) is 6.42 Å². The lowest BCUT2D eigenvalue weighted by Crippen LogP contribution is -2.08. The Morgan fingerprint density at radius 3 is 2.75 bits per heavy atom. The van der Waals surface area contributed by atoms with Crippen molar-refractivity contribution in [1.29, 1.82) is 0 Å². The van der Waals surface area contributed by atoms with Crippen LogP contribution in [0.5, 0.6) is 0 Å². The lowest BCUT2D eigenvalue weighted by molar-refractivity contribution is 0.195. The normalized spacial score (nSPS) is 13.9. The molecule has 0 aromatic heterocycles. The molecular formula is C5H11ClOS. The van der Waals surface area contributed by atoms with Crippen molar-refractivity contribution in [2.45, 2.75) is 12.5 Å². The summed E-state index contributed by atoms with van der Waals surface area (Å²) in [5.74, 6) is 1.36. The fraction of sp³-hybridized carbons (Fsp3) is 1.00. The number of alkyl halides is 1. The van der Waals surface area contributed by atoms with Gasteiger partial charge in [-0.15, -0.1) is 11.6 Å². The van der Waals surface area contributed by atoms with E-state index in [1.54, 1.807) is 11.8 Å². The largest absolute Gasteiger partial charge is 0.392 e. The number of hydrogen-bond donors (Lipinski definition) is 1. The molecule has 1 N–H and O–H groups in total. The second kappa shape index (κ2) is 5.73. The van der Waals surface area contributed by atoms with Crippen molar-refractivity contribution in [2.75, 3.05) is 17.9 Å². The Labute approximate surface area is 59.4 Å². The van der Waals surface area contributed by atoms with Crippen LogP contribution in [0.25, 0.3) is 0 Å². The first-order chi connectivity index (χ1) is 3.81. The van der Waals surface area contributed by atoms with E-state index in [2.05, 4.69) is 0 Å². The van der Waals surface area contributed by atoms with Gasteiger partial charge in [0.2, 0.25) is 0 Å². The molecule has 1 nitrogen and oxygen atoms in total. The highest BCUT2D eigenvalue weighted by Crippen LogP contribution is 2.00. The Bertz CT molecular complexity index is 51.7. The summed E-state index contributed by atoms with van der Waals surface area (Å²) in [5.41, 5.74) is 0. The van der Waals surface area contributed by atoms with E-state index >= 15 is 0 Å². The third-order valence-electron chi connectivity index (χ3n) is 0.833. The van der Waals surface area contributed by atoms with Gasteiger partial charge in [-0.25, -0.2) is 0 Å². The van der Waals surface area contributed by atoms with Gasteiger partial charge >= 0.3 is 0 Å². The molecule has 0 radical (unpaired) electrons. The highest BCUT2D eigenvalue weighted by Gasteiger charge is 1.98. The van der Waals surface area contributed by atoms with Crippen LogP contribution < -0.4 is 0 Å². The van der Waals surface area contributed by atoms with Gasteiger partial charge in [-0.3, -0.25) is 0 Å². The van der Waals surface area contributed by atoms with Gasteiger partial charge in [-0.2, -0.15) is 11.8 Å². The summed E-state index contributed by atoms with van der Waals surface area (Å²) in [6.45, 7) is 0. The Hall–Kier alpha value is 0.600. The molecule has 0 aliphatic carbocycles. The van der Waals surface area contributed by atoms with Crippen LogP contribution >= 0.6 is 23.4 Å². The van der Waals surface area contributed by atoms with Gasteiger partial charge in [0.15, 0.2) is 0 Å². The highest BCUT2D eigenvalue weighted by molar-refractivity contribution is 7.98. The van der Waals surface area contributed by atoms with Crippen molar-refractivity contribution in [3.05, 3.63) is 0 Å². The molecule has 0 heterocycles. The average Bonchev–Trinajstić information content (AvgIpc) is 1.83. The minimum atomic E-state index is -0.302. The summed E-state index contributed by atoms with van der Waals surface area (Å²) in [5, 5.41) is 8.84. The summed E-state index contributed by atoms with van der Waals surface area (Å²) in [6.07, 6.45) is 2.52. The number of hydrogen-bond acceptors (Lipinski definition) is 2. The zero-order valence-electron chi connectivity index (χ0n) is 4.93. The molecule has 0 bridgehead atoms. The van der Waals surface area contributed by atoms with E-state index in [4.69, 9.17) is 16.7 Å². The second-order valence-corrected chi connectivity index (χ2v) is 2.88. The molecule has 0 amide bonds. The van der Waals surface area contributed by atoms with Crippen LogP contribution in [0, 0.1) is 0 Å². The molecule has 0 aliphatic rings. The minimum Gasteiger partial charge on any atom is -0.392 e. The van der Waals surface area contributed by atoms with E-state index in [0.717, 1.165) is 12.2 Å². The summed E-state index contributed by atoms with van der Waals surface area (Å²) in [4.78, 5) is 0. The Kier molecular flexibility index (Phi) is 6.16. The zero-order chi connectivity index (χ0) is 6.41. The molecule has 3 heteroatoms. The van der Waals surface area contributed by atoms with Crippen LogP contribution in [0.2, 0.25) is 0 Å². The van der Waals surface area contributed by atoms with Crippen molar-refractivity contribution < 1.29 is 5.11 Å². The molecule has 0 aliphatic heterocycles. The zero-order valence-corrected chi connectivity index (χ0v) is 6.50.